The topological polar surface area (TPSA) is 37.3 Å². The highest BCUT2D eigenvalue weighted by Gasteiger charge is 2.53. The molecule has 4 atom stereocenters. The molecule has 120 valence electrons. The summed E-state index contributed by atoms with van der Waals surface area (Å²) in [7, 11) is 0. The standard InChI is InChI=1S/C20H28O2/c1-20-11-10-16-15-5-3-2-4-13(15)6-8-17(16)18(20)9-7-14(20)12-19(21)22/h4,14,17-18H,2-3,5-12H2,1H3,(H,21,22)/t14-,17-,18+,20-/m1/s1. The van der Waals surface area contributed by atoms with Gasteiger partial charge in [0.2, 0.25) is 0 Å². The Labute approximate surface area is 133 Å². The van der Waals surface area contributed by atoms with E-state index in [-0.39, 0.29) is 5.41 Å². The molecule has 0 radical (unpaired) electrons. The van der Waals surface area contributed by atoms with Crippen molar-refractivity contribution < 1.29 is 9.90 Å². The molecule has 0 aliphatic heterocycles. The molecule has 0 aromatic carbocycles. The van der Waals surface area contributed by atoms with Crippen molar-refractivity contribution in [2.45, 2.75) is 71.1 Å². The van der Waals surface area contributed by atoms with E-state index in [4.69, 9.17) is 0 Å². The number of hydrogen-bond donors (Lipinski definition) is 1. The second-order valence-electron chi connectivity index (χ2n) is 8.25. The first kappa shape index (κ1) is 14.5. The summed E-state index contributed by atoms with van der Waals surface area (Å²) in [5.74, 6) is 1.32. The van der Waals surface area contributed by atoms with Gasteiger partial charge in [-0.15, -0.1) is 0 Å². The third-order valence-electron chi connectivity index (χ3n) is 7.41. The summed E-state index contributed by atoms with van der Waals surface area (Å²) < 4.78 is 0. The lowest BCUT2D eigenvalue weighted by molar-refractivity contribution is -0.139. The van der Waals surface area contributed by atoms with Gasteiger partial charge in [0.1, 0.15) is 0 Å². The van der Waals surface area contributed by atoms with E-state index in [2.05, 4.69) is 13.0 Å². The molecule has 0 spiro atoms. The molecule has 2 fully saturated rings. The zero-order chi connectivity index (χ0) is 15.3. The van der Waals surface area contributed by atoms with Gasteiger partial charge in [0.25, 0.3) is 0 Å². The summed E-state index contributed by atoms with van der Waals surface area (Å²) >= 11 is 0. The van der Waals surface area contributed by atoms with Gasteiger partial charge in [-0.3, -0.25) is 4.79 Å². The quantitative estimate of drug-likeness (QED) is 0.770. The van der Waals surface area contributed by atoms with Crippen molar-refractivity contribution >= 4 is 5.97 Å². The zero-order valence-electron chi connectivity index (χ0n) is 13.7. The monoisotopic (exact) mass is 300 g/mol. The normalized spacial score (nSPS) is 40.6. The minimum Gasteiger partial charge on any atom is -0.481 e. The Balaban J connectivity index is 1.65. The maximum atomic E-state index is 11.2. The van der Waals surface area contributed by atoms with Gasteiger partial charge in [-0.05, 0) is 92.1 Å². The largest absolute Gasteiger partial charge is 0.481 e. The third kappa shape index (κ3) is 2.10. The van der Waals surface area contributed by atoms with E-state index in [0.717, 1.165) is 18.3 Å². The summed E-state index contributed by atoms with van der Waals surface area (Å²) in [4.78, 5) is 11.2. The Bertz CT molecular complexity index is 556. The van der Waals surface area contributed by atoms with Crippen molar-refractivity contribution in [1.29, 1.82) is 0 Å². The third-order valence-corrected chi connectivity index (χ3v) is 7.41. The van der Waals surface area contributed by atoms with Crippen molar-refractivity contribution in [2.75, 3.05) is 0 Å². The molecule has 0 amide bonds. The first-order valence-corrected chi connectivity index (χ1v) is 9.22. The van der Waals surface area contributed by atoms with Crippen LogP contribution < -0.4 is 0 Å². The first-order chi connectivity index (χ1) is 10.6. The van der Waals surface area contributed by atoms with Gasteiger partial charge in [-0.2, -0.15) is 0 Å². The molecule has 1 N–H and O–H groups in total. The fourth-order valence-electron chi connectivity index (χ4n) is 6.29. The van der Waals surface area contributed by atoms with Gasteiger partial charge in [0.05, 0.1) is 0 Å². The molecule has 4 aliphatic carbocycles. The molecule has 2 nitrogen and oxygen atoms in total. The van der Waals surface area contributed by atoms with Crippen LogP contribution in [0, 0.1) is 23.2 Å². The lowest BCUT2D eigenvalue weighted by Gasteiger charge is -2.49. The van der Waals surface area contributed by atoms with Gasteiger partial charge >= 0.3 is 5.97 Å². The molecule has 2 saturated carbocycles. The van der Waals surface area contributed by atoms with Crippen LogP contribution in [-0.2, 0) is 4.79 Å². The highest BCUT2D eigenvalue weighted by atomic mass is 16.4. The number of rotatable bonds is 2. The Morgan fingerprint density at radius 1 is 1.27 bits per heavy atom. The van der Waals surface area contributed by atoms with Crippen LogP contribution in [0.2, 0.25) is 0 Å². The number of hydrogen-bond acceptors (Lipinski definition) is 1. The molecule has 0 bridgehead atoms. The van der Waals surface area contributed by atoms with Crippen LogP contribution in [0.3, 0.4) is 0 Å². The summed E-state index contributed by atoms with van der Waals surface area (Å²) in [6.45, 7) is 2.41. The average Bonchev–Trinajstić information content (AvgIpc) is 2.83. The van der Waals surface area contributed by atoms with Crippen LogP contribution in [-0.4, -0.2) is 11.1 Å². The SMILES string of the molecule is C[C@]12CCC3=C4CCCC=C4CC[C@H]3[C@@H]1CC[C@@H]2CC(=O)O. The van der Waals surface area contributed by atoms with Crippen molar-refractivity contribution in [3.63, 3.8) is 0 Å². The second-order valence-corrected chi connectivity index (χ2v) is 8.25. The van der Waals surface area contributed by atoms with E-state index < -0.39 is 5.97 Å². The number of allylic oxidation sites excluding steroid dienone is 4. The minimum atomic E-state index is -0.600. The van der Waals surface area contributed by atoms with E-state index in [1.807, 2.05) is 0 Å². The zero-order valence-corrected chi connectivity index (χ0v) is 13.7. The Morgan fingerprint density at radius 2 is 2.14 bits per heavy atom. The Hall–Kier alpha value is -1.05. The highest BCUT2D eigenvalue weighted by molar-refractivity contribution is 5.67. The second kappa shape index (κ2) is 5.25. The summed E-state index contributed by atoms with van der Waals surface area (Å²) in [5, 5.41) is 9.25. The molecule has 0 aromatic heterocycles. The number of carbonyl (C=O) groups is 1. The van der Waals surface area contributed by atoms with Gasteiger partial charge in [-0.1, -0.05) is 18.6 Å². The molecular formula is C20H28O2. The van der Waals surface area contributed by atoms with Crippen molar-refractivity contribution in [3.8, 4) is 0 Å². The summed E-state index contributed by atoms with van der Waals surface area (Å²) in [6, 6.07) is 0. The molecule has 4 aliphatic rings. The molecule has 0 saturated heterocycles. The number of carboxylic acid groups (broad SMARTS) is 1. The molecule has 0 aromatic rings. The predicted molar refractivity (Wildman–Crippen MR) is 87.5 cm³/mol. The van der Waals surface area contributed by atoms with Gasteiger partial charge in [0.15, 0.2) is 0 Å². The van der Waals surface area contributed by atoms with E-state index in [1.54, 1.807) is 16.7 Å². The predicted octanol–water partition coefficient (Wildman–Crippen LogP) is 5.10. The Kier molecular flexibility index (Phi) is 3.47. The number of aliphatic carboxylic acids is 1. The highest BCUT2D eigenvalue weighted by Crippen LogP contribution is 2.62. The molecule has 0 unspecified atom stereocenters. The van der Waals surface area contributed by atoms with Crippen molar-refractivity contribution in [3.05, 3.63) is 22.8 Å². The Morgan fingerprint density at radius 3 is 2.95 bits per heavy atom. The average molecular weight is 300 g/mol. The van der Waals surface area contributed by atoms with Gasteiger partial charge < -0.3 is 5.11 Å². The maximum Gasteiger partial charge on any atom is 0.303 e. The maximum absolute atomic E-state index is 11.2. The lowest BCUT2D eigenvalue weighted by atomic mass is 9.56. The van der Waals surface area contributed by atoms with E-state index in [1.165, 1.54) is 51.4 Å². The van der Waals surface area contributed by atoms with Crippen LogP contribution in [0.25, 0.3) is 0 Å². The van der Waals surface area contributed by atoms with Crippen LogP contribution in [0.15, 0.2) is 22.8 Å². The van der Waals surface area contributed by atoms with Gasteiger partial charge in [-0.25, -0.2) is 0 Å². The minimum absolute atomic E-state index is 0.281. The van der Waals surface area contributed by atoms with E-state index in [0.29, 0.717) is 12.3 Å². The molecule has 4 rings (SSSR count). The molecule has 22 heavy (non-hydrogen) atoms. The van der Waals surface area contributed by atoms with Crippen LogP contribution >= 0.6 is 0 Å². The fraction of sp³-hybridized carbons (Fsp3) is 0.750. The first-order valence-electron chi connectivity index (χ1n) is 9.22. The van der Waals surface area contributed by atoms with Crippen molar-refractivity contribution in [2.24, 2.45) is 23.2 Å². The van der Waals surface area contributed by atoms with Crippen LogP contribution in [0.1, 0.15) is 71.1 Å². The molecule has 2 heteroatoms. The van der Waals surface area contributed by atoms with Crippen LogP contribution in [0.4, 0.5) is 0 Å². The smallest absolute Gasteiger partial charge is 0.303 e. The summed E-state index contributed by atoms with van der Waals surface area (Å²) in [5.41, 5.74) is 5.46. The fourth-order valence-corrected chi connectivity index (χ4v) is 6.29. The summed E-state index contributed by atoms with van der Waals surface area (Å²) in [6.07, 6.45) is 14.2. The lowest BCUT2D eigenvalue weighted by Crippen LogP contribution is -2.40. The molecular weight excluding hydrogens is 272 g/mol. The van der Waals surface area contributed by atoms with E-state index in [9.17, 15) is 9.90 Å². The van der Waals surface area contributed by atoms with E-state index >= 15 is 0 Å². The van der Waals surface area contributed by atoms with Crippen LogP contribution in [0.5, 0.6) is 0 Å². The number of fused-ring (bicyclic) bond motifs is 4. The molecule has 0 heterocycles. The van der Waals surface area contributed by atoms with Crippen molar-refractivity contribution in [1.82, 2.24) is 0 Å². The number of carboxylic acids is 1. The van der Waals surface area contributed by atoms with Gasteiger partial charge in [0, 0.05) is 6.42 Å².